The lowest BCUT2D eigenvalue weighted by atomic mass is 10.1. The van der Waals surface area contributed by atoms with Crippen molar-refractivity contribution in [2.45, 2.75) is 48.0 Å². The Balaban J connectivity index is 0.000000248. The molecule has 0 fully saturated rings. The van der Waals surface area contributed by atoms with Crippen LogP contribution < -0.4 is 22.9 Å². The monoisotopic (exact) mass is 498 g/mol. The number of carbonyl (C=O) groups is 1. The summed E-state index contributed by atoms with van der Waals surface area (Å²) in [7, 11) is 0. The summed E-state index contributed by atoms with van der Waals surface area (Å²) in [5.74, 6) is 0.157. The molecule has 0 atom stereocenters. The topological polar surface area (TPSA) is 121 Å². The zero-order valence-electron chi connectivity index (χ0n) is 23.0. The summed E-state index contributed by atoms with van der Waals surface area (Å²) in [6.07, 6.45) is 0.546. The minimum absolute atomic E-state index is 0.157. The Kier molecular flexibility index (Phi) is 13.0. The molecule has 5 nitrogen and oxygen atoms in total. The summed E-state index contributed by atoms with van der Waals surface area (Å²) in [5, 5.41) is 0. The summed E-state index contributed by atoms with van der Waals surface area (Å²) < 4.78 is 0. The van der Waals surface area contributed by atoms with E-state index in [1.54, 1.807) is 24.3 Å². The molecule has 196 valence electrons. The van der Waals surface area contributed by atoms with Crippen LogP contribution in [0.15, 0.2) is 84.9 Å². The summed E-state index contributed by atoms with van der Waals surface area (Å²) in [4.78, 5) is 11.1. The third-order valence-corrected chi connectivity index (χ3v) is 5.82. The molecule has 8 N–H and O–H groups in total. The Labute approximate surface area is 222 Å². The van der Waals surface area contributed by atoms with Gasteiger partial charge in [0.15, 0.2) is 5.78 Å². The lowest BCUT2D eigenvalue weighted by Crippen LogP contribution is -1.96. The molecular weight excluding hydrogens is 456 g/mol. The molecule has 0 amide bonds. The van der Waals surface area contributed by atoms with E-state index in [9.17, 15) is 4.79 Å². The lowest BCUT2D eigenvalue weighted by molar-refractivity contribution is 0.0988. The van der Waals surface area contributed by atoms with Crippen LogP contribution in [-0.4, -0.2) is 5.78 Å². The normalized spacial score (nSPS) is 9.46. The molecule has 0 bridgehead atoms. The maximum Gasteiger partial charge on any atom is 0.162 e. The van der Waals surface area contributed by atoms with Crippen molar-refractivity contribution >= 4 is 28.5 Å². The summed E-state index contributed by atoms with van der Waals surface area (Å²) in [5.41, 5.74) is 32.3. The van der Waals surface area contributed by atoms with Crippen LogP contribution >= 0.6 is 0 Å². The molecule has 0 radical (unpaired) electrons. The first-order valence-electron chi connectivity index (χ1n) is 12.3. The minimum atomic E-state index is 0.157. The van der Waals surface area contributed by atoms with Gasteiger partial charge in [-0.15, -0.1) is 0 Å². The van der Waals surface area contributed by atoms with E-state index in [4.69, 9.17) is 22.9 Å². The second-order valence-electron chi connectivity index (χ2n) is 8.90. The average Bonchev–Trinajstić information content (AvgIpc) is 2.88. The Morgan fingerprint density at radius 1 is 0.595 bits per heavy atom. The number of aryl methyl sites for hydroxylation is 4. The number of anilines is 4. The summed E-state index contributed by atoms with van der Waals surface area (Å²) in [6, 6.07) is 26.8. The first-order valence-corrected chi connectivity index (χ1v) is 12.3. The van der Waals surface area contributed by atoms with Crippen LogP contribution in [0.1, 0.15) is 51.5 Å². The van der Waals surface area contributed by atoms with Crippen molar-refractivity contribution in [3.05, 3.63) is 118 Å². The molecule has 5 heteroatoms. The van der Waals surface area contributed by atoms with Gasteiger partial charge >= 0.3 is 0 Å². The number of Topliss-reactive ketones (excluding diaryl/α,β-unsaturated/α-hetero) is 1. The van der Waals surface area contributed by atoms with E-state index in [0.717, 1.165) is 33.8 Å². The van der Waals surface area contributed by atoms with Crippen LogP contribution in [0.4, 0.5) is 22.7 Å². The average molecular weight is 499 g/mol. The third kappa shape index (κ3) is 11.4. The fraction of sp³-hybridized carbons (Fsp3) is 0.219. The number of benzene rings is 4. The van der Waals surface area contributed by atoms with E-state index in [1.165, 1.54) is 16.7 Å². The van der Waals surface area contributed by atoms with Crippen molar-refractivity contribution in [1.29, 1.82) is 0 Å². The SMILES string of the molecule is CCC(=O)c1ccc(N)cc1.Cc1ccc(C)c(N)c1.Cc1cccc(N)c1C.Cc1ccccc1N. The van der Waals surface area contributed by atoms with E-state index in [-0.39, 0.29) is 5.78 Å². The number of carbonyl (C=O) groups excluding carboxylic acids is 1. The molecule has 37 heavy (non-hydrogen) atoms. The maximum absolute atomic E-state index is 11.1. The Bertz CT molecular complexity index is 1220. The number of hydrogen-bond acceptors (Lipinski definition) is 5. The van der Waals surface area contributed by atoms with Crippen molar-refractivity contribution in [2.24, 2.45) is 0 Å². The van der Waals surface area contributed by atoms with E-state index in [0.29, 0.717) is 12.1 Å². The quantitative estimate of drug-likeness (QED) is 0.172. The van der Waals surface area contributed by atoms with Crippen molar-refractivity contribution in [1.82, 2.24) is 0 Å². The first kappa shape index (κ1) is 30.8. The van der Waals surface area contributed by atoms with Gasteiger partial charge < -0.3 is 22.9 Å². The Morgan fingerprint density at radius 2 is 1.14 bits per heavy atom. The molecule has 0 spiro atoms. The predicted molar refractivity (Wildman–Crippen MR) is 162 cm³/mol. The molecular formula is C32H42N4O. The number of nitrogens with two attached hydrogens (primary N) is 4. The Hall–Kier alpha value is -4.25. The van der Waals surface area contributed by atoms with Gasteiger partial charge in [-0.1, -0.05) is 49.4 Å². The van der Waals surface area contributed by atoms with Gasteiger partial charge in [-0.2, -0.15) is 0 Å². The molecule has 4 aromatic rings. The first-order chi connectivity index (χ1) is 17.5. The smallest absolute Gasteiger partial charge is 0.162 e. The van der Waals surface area contributed by atoms with Gasteiger partial charge in [-0.25, -0.2) is 0 Å². The van der Waals surface area contributed by atoms with Gasteiger partial charge in [-0.3, -0.25) is 4.79 Å². The molecule has 0 aromatic heterocycles. The highest BCUT2D eigenvalue weighted by Gasteiger charge is 2.00. The summed E-state index contributed by atoms with van der Waals surface area (Å²) >= 11 is 0. The molecule has 0 aliphatic heterocycles. The van der Waals surface area contributed by atoms with Crippen molar-refractivity contribution in [2.75, 3.05) is 22.9 Å². The van der Waals surface area contributed by atoms with Crippen LogP contribution in [0, 0.1) is 34.6 Å². The highest BCUT2D eigenvalue weighted by molar-refractivity contribution is 5.96. The molecule has 0 unspecified atom stereocenters. The standard InChI is InChI=1S/C9H11NO.2C8H11N.C7H9N/c1-2-9(11)7-3-5-8(10)6-4-7;1-6-3-4-7(2)8(9)5-6;1-6-4-3-5-8(9)7(6)2;1-6-4-2-3-5-7(6)8/h3-6H,2,10H2,1H3;2*3-5H,9H2,1-2H3;2-5H,8H2,1H3. The highest BCUT2D eigenvalue weighted by Crippen LogP contribution is 2.13. The van der Waals surface area contributed by atoms with E-state index in [2.05, 4.69) is 19.1 Å². The van der Waals surface area contributed by atoms with Crippen LogP contribution in [-0.2, 0) is 0 Å². The zero-order valence-corrected chi connectivity index (χ0v) is 23.0. The van der Waals surface area contributed by atoms with Crippen LogP contribution in [0.25, 0.3) is 0 Å². The molecule has 0 heterocycles. The van der Waals surface area contributed by atoms with E-state index < -0.39 is 0 Å². The third-order valence-electron chi connectivity index (χ3n) is 5.82. The minimum Gasteiger partial charge on any atom is -0.399 e. The number of nitrogen functional groups attached to an aromatic ring is 4. The molecule has 4 aromatic carbocycles. The van der Waals surface area contributed by atoms with Crippen molar-refractivity contribution < 1.29 is 4.79 Å². The largest absolute Gasteiger partial charge is 0.399 e. The molecule has 4 rings (SSSR count). The van der Waals surface area contributed by atoms with Gasteiger partial charge in [0.25, 0.3) is 0 Å². The van der Waals surface area contributed by atoms with Crippen LogP contribution in [0.5, 0.6) is 0 Å². The summed E-state index contributed by atoms with van der Waals surface area (Å²) in [6.45, 7) is 12.0. The second kappa shape index (κ2) is 15.7. The van der Waals surface area contributed by atoms with Crippen LogP contribution in [0.3, 0.4) is 0 Å². The van der Waals surface area contributed by atoms with Crippen molar-refractivity contribution in [3.63, 3.8) is 0 Å². The van der Waals surface area contributed by atoms with Gasteiger partial charge in [-0.05, 0) is 105 Å². The van der Waals surface area contributed by atoms with E-state index in [1.807, 2.05) is 83.1 Å². The fourth-order valence-electron chi connectivity index (χ4n) is 2.99. The Morgan fingerprint density at radius 3 is 1.57 bits per heavy atom. The zero-order chi connectivity index (χ0) is 28.0. The highest BCUT2D eigenvalue weighted by atomic mass is 16.1. The molecule has 0 aliphatic carbocycles. The number of rotatable bonds is 2. The molecule has 0 aliphatic rings. The fourth-order valence-corrected chi connectivity index (χ4v) is 2.99. The van der Waals surface area contributed by atoms with Gasteiger partial charge in [0.1, 0.15) is 0 Å². The number of ketones is 1. The molecule has 0 saturated carbocycles. The number of hydrogen-bond donors (Lipinski definition) is 4. The lowest BCUT2D eigenvalue weighted by Gasteiger charge is -2.00. The maximum atomic E-state index is 11.1. The van der Waals surface area contributed by atoms with Crippen molar-refractivity contribution in [3.8, 4) is 0 Å². The van der Waals surface area contributed by atoms with E-state index >= 15 is 0 Å². The van der Waals surface area contributed by atoms with Gasteiger partial charge in [0, 0.05) is 34.7 Å². The van der Waals surface area contributed by atoms with Crippen LogP contribution in [0.2, 0.25) is 0 Å². The molecule has 0 saturated heterocycles. The van der Waals surface area contributed by atoms with Gasteiger partial charge in [0.05, 0.1) is 0 Å². The number of para-hydroxylation sites is 1. The predicted octanol–water partition coefficient (Wildman–Crippen LogP) is 7.21. The second-order valence-corrected chi connectivity index (χ2v) is 8.90. The van der Waals surface area contributed by atoms with Gasteiger partial charge in [0.2, 0.25) is 0 Å².